The van der Waals surface area contributed by atoms with E-state index in [1.165, 1.54) is 6.92 Å². The number of aliphatic hydroxyl groups excluding tert-OH is 1. The van der Waals surface area contributed by atoms with E-state index >= 15 is 0 Å². The fourth-order valence-electron chi connectivity index (χ4n) is 8.51. The van der Waals surface area contributed by atoms with Crippen LogP contribution in [0, 0.1) is 5.92 Å². The summed E-state index contributed by atoms with van der Waals surface area (Å²) in [7, 11) is 0. The highest BCUT2D eigenvalue weighted by atomic mass is 16.6. The quantitative estimate of drug-likeness (QED) is 0.0190. The molecule has 1 atom stereocenters. The number of carboxylic acids is 13. The van der Waals surface area contributed by atoms with Gasteiger partial charge in [-0.25, -0.2) is 86.3 Å². The molecule has 0 heterocycles. The zero-order chi connectivity index (χ0) is 68.1. The molecule has 1 unspecified atom stereocenters. The molecule has 0 fully saturated rings. The summed E-state index contributed by atoms with van der Waals surface area (Å²) in [4.78, 5) is 256. The van der Waals surface area contributed by atoms with Gasteiger partial charge in [0.1, 0.15) is 0 Å². The minimum atomic E-state index is -2.89. The Hall–Kier alpha value is -12.4. The fourth-order valence-corrected chi connectivity index (χ4v) is 8.51. The van der Waals surface area contributed by atoms with Crippen molar-refractivity contribution in [2.75, 3.05) is 13.2 Å². The van der Waals surface area contributed by atoms with Gasteiger partial charge in [0.25, 0.3) is 0 Å². The maximum absolute atomic E-state index is 14.4. The Labute approximate surface area is 488 Å². The summed E-state index contributed by atoms with van der Waals surface area (Å²) in [5.41, 5.74) is -37.6. The second-order valence-electron chi connectivity index (χ2n) is 17.7. The average Bonchev–Trinajstić information content (AvgIpc) is 0.948. The fraction of sp³-hybridized carbons (Fsp3) is 0.255. The van der Waals surface area contributed by atoms with E-state index in [-0.39, 0.29) is 38.5 Å². The van der Waals surface area contributed by atoms with Gasteiger partial charge in [-0.1, -0.05) is 26.2 Å². The number of ether oxygens (including phenoxy) is 4. The van der Waals surface area contributed by atoms with Crippen molar-refractivity contribution >= 4 is 119 Å². The van der Waals surface area contributed by atoms with Gasteiger partial charge in [-0.2, -0.15) is 0 Å². The van der Waals surface area contributed by atoms with E-state index in [1.54, 1.807) is 0 Å². The Morgan fingerprint density at radius 1 is 0.270 bits per heavy atom. The van der Waals surface area contributed by atoms with Crippen LogP contribution in [0.1, 0.15) is 251 Å². The van der Waals surface area contributed by atoms with Crippen molar-refractivity contribution in [3.63, 3.8) is 0 Å². The third kappa shape index (κ3) is 15.5. The van der Waals surface area contributed by atoms with Crippen LogP contribution in [0.5, 0.6) is 0 Å². The molecule has 3 rings (SSSR count). The van der Waals surface area contributed by atoms with Gasteiger partial charge in [-0.3, -0.25) is 9.59 Å². The Morgan fingerprint density at radius 2 is 0.461 bits per heavy atom. The molecular weight excluding hydrogens is 1220 g/mol. The summed E-state index contributed by atoms with van der Waals surface area (Å²) in [6, 6.07) is 0. The van der Waals surface area contributed by atoms with E-state index in [0.29, 0.717) is 0 Å². The normalized spacial score (nSPS) is 10.9. The Balaban J connectivity index is 2.14. The molecular formula is C51H40O38. The molecule has 3 aromatic rings. The molecule has 0 saturated heterocycles. The van der Waals surface area contributed by atoms with Gasteiger partial charge in [0, 0.05) is 19.4 Å². The lowest BCUT2D eigenvalue weighted by Gasteiger charge is -2.20. The molecule has 0 aromatic heterocycles. The molecule has 0 bridgehead atoms. The maximum atomic E-state index is 14.4. The van der Waals surface area contributed by atoms with Crippen molar-refractivity contribution in [3.8, 4) is 0 Å². The number of esters is 7. The lowest BCUT2D eigenvalue weighted by molar-refractivity contribution is -0.139. The molecule has 0 radical (unpaired) electrons. The first-order valence-electron chi connectivity index (χ1n) is 24.1. The molecule has 0 aliphatic rings. The van der Waals surface area contributed by atoms with Crippen molar-refractivity contribution in [3.05, 3.63) is 100 Å². The Kier molecular flexibility index (Phi) is 23.4. The minimum absolute atomic E-state index is 0.00822. The van der Waals surface area contributed by atoms with Gasteiger partial charge >= 0.3 is 119 Å². The van der Waals surface area contributed by atoms with Crippen LogP contribution in [0.25, 0.3) is 0 Å². The van der Waals surface area contributed by atoms with Crippen molar-refractivity contribution in [1.82, 2.24) is 0 Å². The second kappa shape index (κ2) is 29.4. The number of carbonyl (C=O) groups excluding carboxylic acids is 7. The predicted molar refractivity (Wildman–Crippen MR) is 268 cm³/mol. The summed E-state index contributed by atoms with van der Waals surface area (Å²) in [5, 5.41) is 138. The van der Waals surface area contributed by atoms with Crippen molar-refractivity contribution < 1.29 is 186 Å². The number of carbonyl (C=O) groups is 20. The number of hydrogen-bond acceptors (Lipinski definition) is 25. The summed E-state index contributed by atoms with van der Waals surface area (Å²) < 4.78 is 18.5. The van der Waals surface area contributed by atoms with Crippen molar-refractivity contribution in [2.24, 2.45) is 5.92 Å². The van der Waals surface area contributed by atoms with Crippen LogP contribution in [-0.4, -0.2) is 204 Å². The largest absolute Gasteiger partial charge is 0.478 e. The van der Waals surface area contributed by atoms with Crippen molar-refractivity contribution in [2.45, 2.75) is 64.7 Å². The average molecular weight is 1260 g/mol. The first-order valence-corrected chi connectivity index (χ1v) is 24.1. The topological polar surface area (TPSA) is 662 Å². The molecule has 0 aliphatic carbocycles. The summed E-state index contributed by atoms with van der Waals surface area (Å²) in [6.07, 6.45) is -3.16. The summed E-state index contributed by atoms with van der Waals surface area (Å²) >= 11 is 0. The Morgan fingerprint density at radius 3 is 0.697 bits per heavy atom. The number of unbranched alkanes of at least 4 members (excludes halogenated alkanes) is 4. The van der Waals surface area contributed by atoms with E-state index in [9.17, 15) is 167 Å². The zero-order valence-electron chi connectivity index (χ0n) is 44.4. The molecule has 0 aliphatic heterocycles. The predicted octanol–water partition coefficient (Wildman–Crippen LogP) is 2.12. The van der Waals surface area contributed by atoms with Crippen LogP contribution >= 0.6 is 0 Å². The van der Waals surface area contributed by atoms with E-state index < -0.39 is 258 Å². The molecule has 0 amide bonds. The van der Waals surface area contributed by atoms with Gasteiger partial charge in [-0.15, -0.1) is 0 Å². The van der Waals surface area contributed by atoms with E-state index in [0.717, 1.165) is 0 Å². The third-order valence-corrected chi connectivity index (χ3v) is 12.1. The van der Waals surface area contributed by atoms with Crippen molar-refractivity contribution in [1.29, 1.82) is 0 Å². The summed E-state index contributed by atoms with van der Waals surface area (Å²) in [5.74, 6) is -50.9. The molecule has 14 N–H and O–H groups in total. The second-order valence-corrected chi connectivity index (χ2v) is 17.7. The van der Waals surface area contributed by atoms with E-state index in [1.807, 2.05) is 0 Å². The van der Waals surface area contributed by atoms with Crippen LogP contribution in [0.4, 0.5) is 0 Å². The van der Waals surface area contributed by atoms with Gasteiger partial charge in [0.2, 0.25) is 0 Å². The highest BCUT2D eigenvalue weighted by Gasteiger charge is 2.47. The van der Waals surface area contributed by atoms with Crippen LogP contribution in [0.15, 0.2) is 0 Å². The van der Waals surface area contributed by atoms with Crippen LogP contribution < -0.4 is 0 Å². The number of aliphatic hydroxyl groups is 1. The van der Waals surface area contributed by atoms with Gasteiger partial charge < -0.3 is 90.4 Å². The monoisotopic (exact) mass is 1260 g/mol. The maximum Gasteiger partial charge on any atom is 0.347 e. The standard InChI is InChI=1S/C51H40O38/c1-13(9-11-52)10-12-86-47(81)31-27(45(77)78)22(40(67)68)28(46(79)80)32(33(31)51(85)89-50(84)30-25(43(73)74)20(38(63)64)17(35(57)58)21(39(65)66)26(30)44(75)76)49(83)88-15(54)8-6-4-2-3-5-7-14(53)87-48(82)29-23(41(69)70)18(36(59)60)16(34(55)56)19(37(61)62)24(29)42(71)72/h13,52H,2-12H2,1H3,(H,55,56)(H,57,58)(H,59,60)(H,61,62)(H,63,64)(H,65,66)(H,67,68)(H,69,70)(H,71,72)(H,73,74)(H,75,76)(H,77,78)(H,79,80). The summed E-state index contributed by atoms with van der Waals surface area (Å²) in [6.45, 7) is 0.0816. The minimum Gasteiger partial charge on any atom is -0.478 e. The van der Waals surface area contributed by atoms with Gasteiger partial charge in [-0.05, 0) is 31.6 Å². The molecule has 38 heteroatoms. The van der Waals surface area contributed by atoms with E-state index in [2.05, 4.69) is 14.2 Å². The zero-order valence-corrected chi connectivity index (χ0v) is 44.4. The highest BCUT2D eigenvalue weighted by Crippen LogP contribution is 2.36. The number of aromatic carboxylic acids is 13. The molecule has 3 aromatic carbocycles. The molecule has 38 nitrogen and oxygen atoms in total. The first-order chi connectivity index (χ1) is 41.3. The highest BCUT2D eigenvalue weighted by molar-refractivity contribution is 6.28. The van der Waals surface area contributed by atoms with Crippen LogP contribution in [0.2, 0.25) is 0 Å². The van der Waals surface area contributed by atoms with E-state index in [4.69, 9.17) is 4.74 Å². The first kappa shape index (κ1) is 70.9. The number of hydrogen-bond donors (Lipinski definition) is 14. The number of carboxylic acid groups (broad SMARTS) is 13. The number of rotatable bonds is 31. The van der Waals surface area contributed by atoms with Crippen LogP contribution in [-0.2, 0) is 28.5 Å². The number of benzene rings is 3. The Bertz CT molecular complexity index is 3610. The lowest BCUT2D eigenvalue weighted by Crippen LogP contribution is -2.32. The molecule has 0 spiro atoms. The smallest absolute Gasteiger partial charge is 0.347 e. The molecule has 0 saturated carbocycles. The SMILES string of the molecule is CC(CCO)CCOC(=O)c1c(C(=O)O)c(C(=O)O)c(C(=O)O)c(C(=O)OC(=O)CCCCCCCC(=O)OC(=O)c2c(C(=O)O)c(C(=O)O)c(C(=O)O)c(C(=O)O)c2C(=O)O)c1C(=O)OC(=O)c1c(C(=O)O)c(C(=O)O)c(C(=O)O)c(C(=O)O)c1C(=O)O. The molecule has 89 heavy (non-hydrogen) atoms. The molecule has 472 valence electrons. The van der Waals surface area contributed by atoms with Gasteiger partial charge in [0.05, 0.1) is 107 Å². The lowest BCUT2D eigenvalue weighted by atomic mass is 9.85. The third-order valence-electron chi connectivity index (χ3n) is 12.1. The van der Waals surface area contributed by atoms with Gasteiger partial charge in [0.15, 0.2) is 0 Å². The van der Waals surface area contributed by atoms with Crippen LogP contribution in [0.3, 0.4) is 0 Å².